The minimum Gasteiger partial charge on any atom is -0.480 e. The Morgan fingerprint density at radius 2 is 2.05 bits per heavy atom. The lowest BCUT2D eigenvalue weighted by molar-refractivity contribution is -0.142. The molecule has 0 aliphatic heterocycles. The third-order valence-electron chi connectivity index (χ3n) is 3.78. The first-order chi connectivity index (χ1) is 10.3. The maximum atomic E-state index is 11.9. The number of hydrogen-bond acceptors (Lipinski definition) is 3. The molecule has 0 radical (unpaired) electrons. The van der Waals surface area contributed by atoms with Gasteiger partial charge in [-0.25, -0.2) is 4.79 Å². The van der Waals surface area contributed by atoms with Crippen molar-refractivity contribution < 1.29 is 19.8 Å². The maximum Gasteiger partial charge on any atom is 0.331 e. The highest BCUT2D eigenvalue weighted by Gasteiger charge is 2.42. The summed E-state index contributed by atoms with van der Waals surface area (Å²) in [4.78, 5) is 23.2. The van der Waals surface area contributed by atoms with Crippen molar-refractivity contribution in [3.8, 4) is 0 Å². The summed E-state index contributed by atoms with van der Waals surface area (Å²) in [6, 6.07) is 4.82. The Morgan fingerprint density at radius 1 is 1.36 bits per heavy atom. The first-order valence-electron chi connectivity index (χ1n) is 6.66. The maximum absolute atomic E-state index is 11.9. The molecule has 0 spiro atoms. The average Bonchev–Trinajstić information content (AvgIpc) is 2.46. The highest BCUT2D eigenvalue weighted by Crippen LogP contribution is 2.39. The van der Waals surface area contributed by atoms with Crippen molar-refractivity contribution in [2.24, 2.45) is 5.73 Å². The Balaban J connectivity index is 2.63. The van der Waals surface area contributed by atoms with E-state index in [1.165, 1.54) is 6.08 Å². The van der Waals surface area contributed by atoms with Crippen LogP contribution >= 0.6 is 11.6 Å². The predicted molar refractivity (Wildman–Crippen MR) is 82.8 cm³/mol. The van der Waals surface area contributed by atoms with E-state index in [1.54, 1.807) is 31.2 Å². The highest BCUT2D eigenvalue weighted by molar-refractivity contribution is 6.31. The van der Waals surface area contributed by atoms with E-state index in [9.17, 15) is 19.8 Å². The molecule has 22 heavy (non-hydrogen) atoms. The van der Waals surface area contributed by atoms with E-state index in [-0.39, 0.29) is 18.5 Å². The van der Waals surface area contributed by atoms with E-state index >= 15 is 0 Å². The number of carboxylic acid groups (broad SMARTS) is 2. The molecule has 0 amide bonds. The van der Waals surface area contributed by atoms with Gasteiger partial charge in [-0.3, -0.25) is 4.79 Å². The summed E-state index contributed by atoms with van der Waals surface area (Å²) in [7, 11) is 0. The number of benzene rings is 1. The van der Waals surface area contributed by atoms with Gasteiger partial charge in [-0.15, -0.1) is 0 Å². The van der Waals surface area contributed by atoms with Gasteiger partial charge in [0.05, 0.1) is 0 Å². The molecule has 116 valence electrons. The average molecular weight is 322 g/mol. The fourth-order valence-electron chi connectivity index (χ4n) is 2.70. The van der Waals surface area contributed by atoms with Crippen LogP contribution in [0.1, 0.15) is 24.5 Å². The van der Waals surface area contributed by atoms with Crippen LogP contribution in [0, 0.1) is 0 Å². The minimum atomic E-state index is -1.43. The van der Waals surface area contributed by atoms with Crippen LogP contribution in [-0.4, -0.2) is 22.2 Å². The molecule has 0 heterocycles. The SMILES string of the molecule is CC1=CC(C(=O)O)(c2ccc(Cl)c(CN)c2)CC(C(=O)O)=C1. The second-order valence-corrected chi connectivity index (χ2v) is 5.73. The lowest BCUT2D eigenvalue weighted by Crippen LogP contribution is -2.37. The van der Waals surface area contributed by atoms with Crippen LogP contribution in [0.2, 0.25) is 5.02 Å². The largest absolute Gasteiger partial charge is 0.480 e. The number of carbonyl (C=O) groups is 2. The van der Waals surface area contributed by atoms with Crippen molar-refractivity contribution in [1.82, 2.24) is 0 Å². The van der Waals surface area contributed by atoms with E-state index in [0.29, 0.717) is 21.7 Å². The van der Waals surface area contributed by atoms with Crippen LogP contribution in [0.5, 0.6) is 0 Å². The van der Waals surface area contributed by atoms with Crippen LogP contribution in [0.3, 0.4) is 0 Å². The molecule has 1 aromatic carbocycles. The molecule has 1 aliphatic carbocycles. The number of carboxylic acids is 2. The smallest absolute Gasteiger partial charge is 0.331 e. The molecule has 2 rings (SSSR count). The Labute approximate surface area is 132 Å². The van der Waals surface area contributed by atoms with Gasteiger partial charge in [0.25, 0.3) is 0 Å². The van der Waals surface area contributed by atoms with Gasteiger partial charge in [0, 0.05) is 23.6 Å². The molecule has 1 unspecified atom stereocenters. The number of hydrogen-bond donors (Lipinski definition) is 3. The molecular formula is C16H16ClNO4. The van der Waals surface area contributed by atoms with Crippen LogP contribution < -0.4 is 5.73 Å². The monoisotopic (exact) mass is 321 g/mol. The van der Waals surface area contributed by atoms with E-state index in [0.717, 1.165) is 0 Å². The number of halogens is 1. The number of allylic oxidation sites excluding steroid dienone is 2. The van der Waals surface area contributed by atoms with Gasteiger partial charge in [0.15, 0.2) is 0 Å². The van der Waals surface area contributed by atoms with Crippen LogP contribution in [-0.2, 0) is 21.5 Å². The summed E-state index contributed by atoms with van der Waals surface area (Å²) in [5, 5.41) is 19.5. The summed E-state index contributed by atoms with van der Waals surface area (Å²) < 4.78 is 0. The first-order valence-corrected chi connectivity index (χ1v) is 7.03. The molecule has 1 aromatic rings. The minimum absolute atomic E-state index is 0.0617. The molecular weight excluding hydrogens is 306 g/mol. The van der Waals surface area contributed by atoms with Crippen molar-refractivity contribution in [2.45, 2.75) is 25.3 Å². The van der Waals surface area contributed by atoms with Crippen molar-refractivity contribution in [3.63, 3.8) is 0 Å². The lowest BCUT2D eigenvalue weighted by atomic mass is 9.71. The van der Waals surface area contributed by atoms with Gasteiger partial charge >= 0.3 is 11.9 Å². The van der Waals surface area contributed by atoms with Crippen LogP contribution in [0.4, 0.5) is 0 Å². The van der Waals surface area contributed by atoms with E-state index in [2.05, 4.69) is 0 Å². The van der Waals surface area contributed by atoms with Gasteiger partial charge in [-0.1, -0.05) is 35.4 Å². The fraction of sp³-hybridized carbons (Fsp3) is 0.250. The molecule has 0 saturated carbocycles. The number of rotatable bonds is 4. The third kappa shape index (κ3) is 2.77. The van der Waals surface area contributed by atoms with Gasteiger partial charge in [0.2, 0.25) is 0 Å². The molecule has 6 heteroatoms. The summed E-state index contributed by atoms with van der Waals surface area (Å²) >= 11 is 6.02. The van der Waals surface area contributed by atoms with Crippen molar-refractivity contribution in [1.29, 1.82) is 0 Å². The second-order valence-electron chi connectivity index (χ2n) is 5.33. The topological polar surface area (TPSA) is 101 Å². The first kappa shape index (κ1) is 16.3. The molecule has 1 aliphatic rings. The molecule has 0 fully saturated rings. The zero-order valence-corrected chi connectivity index (χ0v) is 12.7. The van der Waals surface area contributed by atoms with Crippen molar-refractivity contribution >= 4 is 23.5 Å². The molecule has 4 N–H and O–H groups in total. The van der Waals surface area contributed by atoms with Gasteiger partial charge in [-0.2, -0.15) is 0 Å². The van der Waals surface area contributed by atoms with Crippen LogP contribution in [0.15, 0.2) is 41.5 Å². The zero-order valence-electron chi connectivity index (χ0n) is 12.0. The van der Waals surface area contributed by atoms with Crippen LogP contribution in [0.25, 0.3) is 0 Å². The van der Waals surface area contributed by atoms with Gasteiger partial charge in [0.1, 0.15) is 5.41 Å². The third-order valence-corrected chi connectivity index (χ3v) is 4.15. The number of nitrogens with two attached hydrogens (primary N) is 1. The highest BCUT2D eigenvalue weighted by atomic mass is 35.5. The molecule has 0 bridgehead atoms. The predicted octanol–water partition coefficient (Wildman–Crippen LogP) is 2.48. The fourth-order valence-corrected chi connectivity index (χ4v) is 2.89. The quantitative estimate of drug-likeness (QED) is 0.791. The molecule has 0 saturated heterocycles. The lowest BCUT2D eigenvalue weighted by Gasteiger charge is -2.31. The number of aliphatic carboxylic acids is 2. The Bertz CT molecular complexity index is 708. The molecule has 1 atom stereocenters. The van der Waals surface area contributed by atoms with E-state index in [4.69, 9.17) is 17.3 Å². The van der Waals surface area contributed by atoms with E-state index in [1.807, 2.05) is 0 Å². The molecule has 5 nitrogen and oxygen atoms in total. The zero-order chi connectivity index (χ0) is 16.5. The Hall–Kier alpha value is -2.11. The normalized spacial score (nSPS) is 21.0. The van der Waals surface area contributed by atoms with E-state index < -0.39 is 17.4 Å². The Kier molecular flexibility index (Phi) is 4.39. The van der Waals surface area contributed by atoms with Gasteiger partial charge in [-0.05, 0) is 30.2 Å². The van der Waals surface area contributed by atoms with Gasteiger partial charge < -0.3 is 15.9 Å². The second kappa shape index (κ2) is 5.94. The Morgan fingerprint density at radius 3 is 2.59 bits per heavy atom. The summed E-state index contributed by atoms with van der Waals surface area (Å²) in [5.41, 5.74) is 5.93. The molecule has 0 aromatic heterocycles. The summed E-state index contributed by atoms with van der Waals surface area (Å²) in [6.45, 7) is 1.85. The summed E-state index contributed by atoms with van der Waals surface area (Å²) in [5.74, 6) is -2.23. The van der Waals surface area contributed by atoms with Crippen molar-refractivity contribution in [2.75, 3.05) is 0 Å². The summed E-state index contributed by atoms with van der Waals surface area (Å²) in [6.07, 6.45) is 2.94. The standard InChI is InChI=1S/C16H16ClNO4/c1-9-4-10(14(19)20)7-16(6-9,15(21)22)12-2-3-13(17)11(5-12)8-18/h2-6H,7-8,18H2,1H3,(H,19,20)(H,21,22). The van der Waals surface area contributed by atoms with Crippen molar-refractivity contribution in [3.05, 3.63) is 57.6 Å².